The zero-order valence-corrected chi connectivity index (χ0v) is 9.96. The number of allylic oxidation sites excluding steroid dienone is 1. The topological polar surface area (TPSA) is 12.4 Å². The van der Waals surface area contributed by atoms with Crippen LogP contribution in [0.25, 0.3) is 5.57 Å². The summed E-state index contributed by atoms with van der Waals surface area (Å²) in [6, 6.07) is 7.32. The monoisotopic (exact) mass is 211 g/mol. The molecule has 1 heteroatoms. The van der Waals surface area contributed by atoms with E-state index in [0.29, 0.717) is 6.04 Å². The molecule has 0 aromatic heterocycles. The second-order valence-electron chi connectivity index (χ2n) is 5.00. The van der Waals surface area contributed by atoms with Crippen molar-refractivity contribution in [2.45, 2.75) is 39.2 Å². The van der Waals surface area contributed by atoms with Gasteiger partial charge in [0, 0.05) is 6.21 Å². The largest absolute Gasteiger partial charge is 0.290 e. The Morgan fingerprint density at radius 3 is 3.00 bits per heavy atom. The van der Waals surface area contributed by atoms with E-state index in [1.807, 2.05) is 0 Å². The van der Waals surface area contributed by atoms with Crippen LogP contribution >= 0.6 is 0 Å². The molecule has 1 aromatic rings. The number of dihydropyridines is 1. The summed E-state index contributed by atoms with van der Waals surface area (Å²) < 4.78 is 0. The van der Waals surface area contributed by atoms with Crippen LogP contribution in [0.4, 0.5) is 0 Å². The molecule has 0 N–H and O–H groups in total. The fourth-order valence-corrected chi connectivity index (χ4v) is 2.77. The van der Waals surface area contributed by atoms with E-state index in [1.54, 1.807) is 5.57 Å². The maximum atomic E-state index is 4.52. The number of hydrogen-bond donors (Lipinski definition) is 0. The van der Waals surface area contributed by atoms with Gasteiger partial charge in [-0.15, -0.1) is 0 Å². The molecule has 3 rings (SSSR count). The van der Waals surface area contributed by atoms with Gasteiger partial charge < -0.3 is 0 Å². The minimum absolute atomic E-state index is 0.450. The van der Waals surface area contributed by atoms with E-state index in [4.69, 9.17) is 0 Å². The fourth-order valence-electron chi connectivity index (χ4n) is 2.77. The summed E-state index contributed by atoms with van der Waals surface area (Å²) in [5.41, 5.74) is 7.39. The van der Waals surface area contributed by atoms with Crippen LogP contribution in [0.3, 0.4) is 0 Å². The lowest BCUT2D eigenvalue weighted by Crippen LogP contribution is -2.14. The summed E-state index contributed by atoms with van der Waals surface area (Å²) in [4.78, 5) is 4.52. The quantitative estimate of drug-likeness (QED) is 0.622. The number of rotatable bonds is 0. The predicted octanol–water partition coefficient (Wildman–Crippen LogP) is 3.56. The maximum Gasteiger partial charge on any atom is 0.0512 e. The van der Waals surface area contributed by atoms with Crippen molar-refractivity contribution in [2.75, 3.05) is 0 Å². The number of fused-ring (bicyclic) bond motifs is 2. The molecule has 0 radical (unpaired) electrons. The van der Waals surface area contributed by atoms with Gasteiger partial charge in [-0.3, -0.25) is 4.99 Å². The molecule has 1 aliphatic heterocycles. The van der Waals surface area contributed by atoms with E-state index in [-0.39, 0.29) is 0 Å². The Morgan fingerprint density at radius 1 is 1.25 bits per heavy atom. The van der Waals surface area contributed by atoms with Gasteiger partial charge in [0.1, 0.15) is 0 Å². The van der Waals surface area contributed by atoms with Crippen molar-refractivity contribution in [3.63, 3.8) is 0 Å². The third-order valence-electron chi connectivity index (χ3n) is 3.62. The Morgan fingerprint density at radius 2 is 2.12 bits per heavy atom. The summed E-state index contributed by atoms with van der Waals surface area (Å²) >= 11 is 0. The summed E-state index contributed by atoms with van der Waals surface area (Å²) in [6.45, 7) is 4.37. The molecule has 1 nitrogen and oxygen atoms in total. The zero-order valence-electron chi connectivity index (χ0n) is 9.96. The number of benzene rings is 1. The molecule has 1 heterocycles. The van der Waals surface area contributed by atoms with Crippen LogP contribution in [0.2, 0.25) is 0 Å². The van der Waals surface area contributed by atoms with E-state index in [1.165, 1.54) is 35.1 Å². The highest BCUT2D eigenvalue weighted by molar-refractivity contribution is 5.94. The van der Waals surface area contributed by atoms with Gasteiger partial charge >= 0.3 is 0 Å². The van der Waals surface area contributed by atoms with Crippen LogP contribution in [0.15, 0.2) is 28.8 Å². The molecule has 0 fully saturated rings. The highest BCUT2D eigenvalue weighted by atomic mass is 14.8. The van der Waals surface area contributed by atoms with Gasteiger partial charge in [0.05, 0.1) is 6.04 Å². The van der Waals surface area contributed by atoms with E-state index in [0.717, 1.165) is 6.42 Å². The average Bonchev–Trinajstić information content (AvgIpc) is 2.28. The van der Waals surface area contributed by atoms with Gasteiger partial charge in [-0.05, 0) is 55.4 Å². The Balaban J connectivity index is 2.13. The van der Waals surface area contributed by atoms with Gasteiger partial charge in [-0.2, -0.15) is 0 Å². The molecule has 2 aliphatic rings. The molecule has 1 unspecified atom stereocenters. The SMILES string of the molecule is Cc1ccc2c(c1)CCC1=C2CC(C)N=C1. The molecule has 1 atom stereocenters. The van der Waals surface area contributed by atoms with Crippen LogP contribution in [0, 0.1) is 6.92 Å². The smallest absolute Gasteiger partial charge is 0.0512 e. The van der Waals surface area contributed by atoms with E-state index in [9.17, 15) is 0 Å². The van der Waals surface area contributed by atoms with Gasteiger partial charge in [-0.1, -0.05) is 23.8 Å². The third kappa shape index (κ3) is 1.51. The first-order chi connectivity index (χ1) is 7.74. The molecule has 82 valence electrons. The Hall–Kier alpha value is -1.37. The van der Waals surface area contributed by atoms with Crippen LogP contribution in [0.5, 0.6) is 0 Å². The summed E-state index contributed by atoms with van der Waals surface area (Å²) in [7, 11) is 0. The second-order valence-corrected chi connectivity index (χ2v) is 5.00. The molecule has 0 bridgehead atoms. The van der Waals surface area contributed by atoms with Crippen molar-refractivity contribution in [3.8, 4) is 0 Å². The molecule has 16 heavy (non-hydrogen) atoms. The Kier molecular flexibility index (Phi) is 2.20. The van der Waals surface area contributed by atoms with Crippen molar-refractivity contribution in [3.05, 3.63) is 40.5 Å². The van der Waals surface area contributed by atoms with Crippen molar-refractivity contribution in [2.24, 2.45) is 4.99 Å². The molecule has 1 aliphatic carbocycles. The van der Waals surface area contributed by atoms with Crippen molar-refractivity contribution < 1.29 is 0 Å². The highest BCUT2D eigenvalue weighted by Gasteiger charge is 2.21. The van der Waals surface area contributed by atoms with E-state index in [2.05, 4.69) is 43.3 Å². The molecular formula is C15H17N. The standard InChI is InChI=1S/C15H17N/c1-10-3-6-14-12(7-10)4-5-13-9-16-11(2)8-15(13)14/h3,6-7,9,11H,4-5,8H2,1-2H3. The van der Waals surface area contributed by atoms with E-state index >= 15 is 0 Å². The minimum Gasteiger partial charge on any atom is -0.290 e. The molecule has 0 saturated heterocycles. The van der Waals surface area contributed by atoms with Crippen molar-refractivity contribution >= 4 is 11.8 Å². The maximum absolute atomic E-state index is 4.52. The number of nitrogens with zero attached hydrogens (tertiary/aromatic N) is 1. The lowest BCUT2D eigenvalue weighted by atomic mass is 9.81. The number of aryl methyl sites for hydroxylation is 2. The molecule has 0 saturated carbocycles. The van der Waals surface area contributed by atoms with Crippen LogP contribution in [-0.2, 0) is 6.42 Å². The summed E-state index contributed by atoms with van der Waals surface area (Å²) in [5.74, 6) is 0. The van der Waals surface area contributed by atoms with Crippen LogP contribution in [-0.4, -0.2) is 12.3 Å². The Bertz CT molecular complexity index is 494. The highest BCUT2D eigenvalue weighted by Crippen LogP contribution is 2.36. The van der Waals surface area contributed by atoms with Gasteiger partial charge in [0.25, 0.3) is 0 Å². The second kappa shape index (κ2) is 3.58. The van der Waals surface area contributed by atoms with Gasteiger partial charge in [-0.25, -0.2) is 0 Å². The summed E-state index contributed by atoms with van der Waals surface area (Å²) in [6.07, 6.45) is 5.56. The predicted molar refractivity (Wildman–Crippen MR) is 69.0 cm³/mol. The zero-order chi connectivity index (χ0) is 11.1. The summed E-state index contributed by atoms with van der Waals surface area (Å²) in [5, 5.41) is 0. The van der Waals surface area contributed by atoms with Gasteiger partial charge in [0.2, 0.25) is 0 Å². The van der Waals surface area contributed by atoms with E-state index < -0.39 is 0 Å². The minimum atomic E-state index is 0.450. The van der Waals surface area contributed by atoms with Crippen molar-refractivity contribution in [1.82, 2.24) is 0 Å². The van der Waals surface area contributed by atoms with Gasteiger partial charge in [0.15, 0.2) is 0 Å². The lowest BCUT2D eigenvalue weighted by molar-refractivity contribution is 0.750. The first-order valence-electron chi connectivity index (χ1n) is 6.09. The normalized spacial score (nSPS) is 23.0. The third-order valence-corrected chi connectivity index (χ3v) is 3.62. The number of aliphatic imine (C=N–C) groups is 1. The van der Waals surface area contributed by atoms with Crippen molar-refractivity contribution in [1.29, 1.82) is 0 Å². The molecule has 1 aromatic carbocycles. The fraction of sp³-hybridized carbons (Fsp3) is 0.400. The first-order valence-corrected chi connectivity index (χ1v) is 6.09. The van der Waals surface area contributed by atoms with Crippen LogP contribution in [0.1, 0.15) is 36.5 Å². The Labute approximate surface area is 96.9 Å². The number of hydrogen-bond acceptors (Lipinski definition) is 1. The average molecular weight is 211 g/mol. The molecule has 0 spiro atoms. The molecular weight excluding hydrogens is 194 g/mol. The first kappa shape index (κ1) is 9.83. The molecule has 0 amide bonds. The lowest BCUT2D eigenvalue weighted by Gasteiger charge is -2.26. The van der Waals surface area contributed by atoms with Crippen LogP contribution < -0.4 is 0 Å².